The summed E-state index contributed by atoms with van der Waals surface area (Å²) >= 11 is 4.78. The lowest BCUT2D eigenvalue weighted by Gasteiger charge is -2.22. The number of carbonyl (C=O) groups is 1. The summed E-state index contributed by atoms with van der Waals surface area (Å²) < 4.78 is 38.8. The Hall–Kier alpha value is -2.28. The van der Waals surface area contributed by atoms with E-state index in [1.54, 1.807) is 12.1 Å². The van der Waals surface area contributed by atoms with Gasteiger partial charge in [0.1, 0.15) is 11.8 Å². The van der Waals surface area contributed by atoms with Gasteiger partial charge in [0.2, 0.25) is 15.9 Å². The Morgan fingerprint density at radius 3 is 2.70 bits per heavy atom. The molecule has 1 fully saturated rings. The fraction of sp³-hybridized carbons (Fsp3) is 0.278. The summed E-state index contributed by atoms with van der Waals surface area (Å²) in [4.78, 5) is 13.6. The van der Waals surface area contributed by atoms with Crippen molar-refractivity contribution in [3.63, 3.8) is 0 Å². The third-order valence-corrected chi connectivity index (χ3v) is 8.15. The van der Waals surface area contributed by atoms with Crippen LogP contribution in [0.15, 0.2) is 49.5 Å². The molecule has 30 heavy (non-hydrogen) atoms. The zero-order chi connectivity index (χ0) is 21.3. The van der Waals surface area contributed by atoms with Crippen molar-refractivity contribution in [3.8, 4) is 16.5 Å². The average Bonchev–Trinajstić information content (AvgIpc) is 3.48. The van der Waals surface area contributed by atoms with Gasteiger partial charge in [-0.2, -0.15) is 4.31 Å². The molecule has 3 heterocycles. The minimum atomic E-state index is -3.84. The van der Waals surface area contributed by atoms with Crippen LogP contribution in [0.1, 0.15) is 12.8 Å². The number of carbonyl (C=O) groups excluding carboxylic acids is 1. The normalized spacial score (nSPS) is 17.2. The highest BCUT2D eigenvalue weighted by Crippen LogP contribution is 2.32. The van der Waals surface area contributed by atoms with E-state index in [2.05, 4.69) is 31.4 Å². The van der Waals surface area contributed by atoms with Crippen molar-refractivity contribution >= 4 is 49.2 Å². The molecule has 1 amide bonds. The van der Waals surface area contributed by atoms with Crippen molar-refractivity contribution in [2.45, 2.75) is 23.8 Å². The van der Waals surface area contributed by atoms with Crippen LogP contribution in [-0.2, 0) is 14.8 Å². The number of sulfonamides is 1. The van der Waals surface area contributed by atoms with Crippen LogP contribution in [0, 0.1) is 0 Å². The van der Waals surface area contributed by atoms with Crippen molar-refractivity contribution in [2.75, 3.05) is 19.0 Å². The molecule has 0 aliphatic carbocycles. The summed E-state index contributed by atoms with van der Waals surface area (Å²) in [5.74, 6) is 0.317. The van der Waals surface area contributed by atoms with Crippen LogP contribution >= 0.6 is 27.3 Å². The first kappa shape index (κ1) is 21.0. The molecule has 9 nitrogen and oxygen atoms in total. The number of nitrogens with one attached hydrogen (secondary N) is 1. The summed E-state index contributed by atoms with van der Waals surface area (Å²) in [6.07, 6.45) is 0.978. The lowest BCUT2D eigenvalue weighted by Crippen LogP contribution is -2.43. The zero-order valence-corrected chi connectivity index (χ0v) is 19.0. The summed E-state index contributed by atoms with van der Waals surface area (Å²) in [5.41, 5.74) is 0. The first-order valence-corrected chi connectivity index (χ1v) is 12.0. The Morgan fingerprint density at radius 1 is 1.27 bits per heavy atom. The Balaban J connectivity index is 1.50. The van der Waals surface area contributed by atoms with Crippen molar-refractivity contribution in [1.29, 1.82) is 0 Å². The van der Waals surface area contributed by atoms with Crippen molar-refractivity contribution in [3.05, 3.63) is 40.2 Å². The third-order valence-electron chi connectivity index (χ3n) is 4.61. The first-order valence-electron chi connectivity index (χ1n) is 8.94. The van der Waals surface area contributed by atoms with Gasteiger partial charge in [-0.1, -0.05) is 5.10 Å². The second-order valence-corrected chi connectivity index (χ2v) is 10.8. The number of aromatic nitrogens is 2. The molecule has 0 radical (unpaired) electrons. The number of methoxy groups -OCH3 is 1. The summed E-state index contributed by atoms with van der Waals surface area (Å²) in [6.45, 7) is 0.255. The number of halogens is 1. The minimum absolute atomic E-state index is 0.0757. The number of anilines is 1. The molecule has 1 atom stereocenters. The Kier molecular flexibility index (Phi) is 5.91. The number of rotatable bonds is 6. The molecular weight excluding hydrogens is 496 g/mol. The quantitative estimate of drug-likeness (QED) is 0.538. The van der Waals surface area contributed by atoms with Gasteiger partial charge in [0, 0.05) is 6.54 Å². The Bertz CT molecular complexity index is 1160. The van der Waals surface area contributed by atoms with E-state index < -0.39 is 22.0 Å². The highest BCUT2D eigenvalue weighted by Gasteiger charge is 2.40. The van der Waals surface area contributed by atoms with Gasteiger partial charge in [-0.3, -0.25) is 10.1 Å². The maximum absolute atomic E-state index is 13.0. The topological polar surface area (TPSA) is 115 Å². The number of nitrogens with zero attached hydrogens (tertiary/aromatic N) is 3. The average molecular weight is 513 g/mol. The van der Waals surface area contributed by atoms with E-state index in [9.17, 15) is 13.2 Å². The molecule has 1 N–H and O–H groups in total. The molecule has 12 heteroatoms. The number of benzene rings is 1. The number of hydrogen-bond acceptors (Lipinski definition) is 8. The molecule has 0 spiro atoms. The molecule has 3 aromatic rings. The van der Waals surface area contributed by atoms with Crippen LogP contribution in [0.4, 0.5) is 6.01 Å². The van der Waals surface area contributed by atoms with Crippen molar-refractivity contribution in [2.24, 2.45) is 0 Å². The molecule has 0 saturated carbocycles. The summed E-state index contributed by atoms with van der Waals surface area (Å²) in [5, 5.41) is 10.3. The van der Waals surface area contributed by atoms with Gasteiger partial charge >= 0.3 is 6.01 Å². The predicted octanol–water partition coefficient (Wildman–Crippen LogP) is 3.36. The molecule has 1 unspecified atom stereocenters. The van der Waals surface area contributed by atoms with Gasteiger partial charge < -0.3 is 9.15 Å². The predicted molar refractivity (Wildman–Crippen MR) is 114 cm³/mol. The number of amides is 1. The van der Waals surface area contributed by atoms with E-state index in [1.807, 2.05) is 12.1 Å². The van der Waals surface area contributed by atoms with Crippen molar-refractivity contribution < 1.29 is 22.4 Å². The van der Waals surface area contributed by atoms with E-state index in [0.29, 0.717) is 18.6 Å². The second kappa shape index (κ2) is 8.46. The summed E-state index contributed by atoms with van der Waals surface area (Å²) in [6, 6.07) is 8.80. The molecule has 0 bridgehead atoms. The fourth-order valence-corrected chi connectivity index (χ4v) is 6.13. The standard InChI is InChI=1S/C18H17BrN4O5S2/c1-27-11-4-6-12(7-5-11)30(25,26)23-10-2-3-13(23)16(24)20-18-22-21-17(28-18)14-8-9-15(19)29-14/h4-9,13H,2-3,10H2,1H3,(H,20,22,24). The van der Waals surface area contributed by atoms with E-state index in [4.69, 9.17) is 9.15 Å². The second-order valence-electron chi connectivity index (χ2n) is 6.45. The van der Waals surface area contributed by atoms with Gasteiger partial charge in [0.25, 0.3) is 5.89 Å². The van der Waals surface area contributed by atoms with Gasteiger partial charge in [-0.15, -0.1) is 16.4 Å². The van der Waals surface area contributed by atoms with E-state index in [0.717, 1.165) is 8.66 Å². The Morgan fingerprint density at radius 2 is 2.03 bits per heavy atom. The van der Waals surface area contributed by atoms with Crippen molar-refractivity contribution in [1.82, 2.24) is 14.5 Å². The van der Waals surface area contributed by atoms with Crippen LogP contribution in [0.5, 0.6) is 5.75 Å². The molecule has 158 valence electrons. The molecular formula is C18H17BrN4O5S2. The summed E-state index contributed by atoms with van der Waals surface area (Å²) in [7, 11) is -2.33. The maximum Gasteiger partial charge on any atom is 0.322 e. The van der Waals surface area contributed by atoms with Gasteiger partial charge in [0.15, 0.2) is 0 Å². The first-order chi connectivity index (χ1) is 14.4. The third kappa shape index (κ3) is 4.13. The minimum Gasteiger partial charge on any atom is -0.497 e. The number of thiophene rings is 1. The van der Waals surface area contributed by atoms with Crippen LogP contribution in [0.3, 0.4) is 0 Å². The molecule has 1 aliphatic heterocycles. The van der Waals surface area contributed by atoms with E-state index in [1.165, 1.54) is 34.9 Å². The number of ether oxygens (including phenoxy) is 1. The monoisotopic (exact) mass is 512 g/mol. The Labute approximate surface area is 185 Å². The molecule has 4 rings (SSSR count). The fourth-order valence-electron chi connectivity index (χ4n) is 3.16. The smallest absolute Gasteiger partial charge is 0.322 e. The zero-order valence-electron chi connectivity index (χ0n) is 15.7. The molecule has 1 saturated heterocycles. The number of hydrogen-bond donors (Lipinski definition) is 1. The lowest BCUT2D eigenvalue weighted by molar-refractivity contribution is -0.119. The van der Waals surface area contributed by atoms with Gasteiger partial charge in [0.05, 0.1) is 20.7 Å². The maximum atomic E-state index is 13.0. The van der Waals surface area contributed by atoms with Crippen LogP contribution in [0.25, 0.3) is 10.8 Å². The van der Waals surface area contributed by atoms with Gasteiger partial charge in [-0.25, -0.2) is 8.42 Å². The van der Waals surface area contributed by atoms with Crippen LogP contribution in [0.2, 0.25) is 0 Å². The van der Waals surface area contributed by atoms with E-state index in [-0.39, 0.29) is 23.3 Å². The van der Waals surface area contributed by atoms with Crippen LogP contribution < -0.4 is 10.1 Å². The van der Waals surface area contributed by atoms with E-state index >= 15 is 0 Å². The molecule has 1 aliphatic rings. The van der Waals surface area contributed by atoms with Gasteiger partial charge in [-0.05, 0) is 65.2 Å². The van der Waals surface area contributed by atoms with Crippen LogP contribution in [-0.4, -0.2) is 48.5 Å². The largest absolute Gasteiger partial charge is 0.497 e. The SMILES string of the molecule is COc1ccc(S(=O)(=O)N2CCCC2C(=O)Nc2nnc(-c3ccc(Br)s3)o2)cc1. The molecule has 1 aromatic carbocycles. The highest BCUT2D eigenvalue weighted by molar-refractivity contribution is 9.11. The lowest BCUT2D eigenvalue weighted by atomic mass is 10.2. The highest BCUT2D eigenvalue weighted by atomic mass is 79.9. The molecule has 2 aromatic heterocycles.